The first-order chi connectivity index (χ1) is 10.5. The van der Waals surface area contributed by atoms with Crippen LogP contribution in [-0.4, -0.2) is 32.1 Å². The van der Waals surface area contributed by atoms with Gasteiger partial charge >= 0.3 is 7.12 Å². The maximum atomic E-state index is 12.2. The highest BCUT2D eigenvalue weighted by molar-refractivity contribution is 7.92. The van der Waals surface area contributed by atoms with Crippen LogP contribution in [0.25, 0.3) is 0 Å². The summed E-state index contributed by atoms with van der Waals surface area (Å²) in [6.07, 6.45) is 1.02. The number of rotatable bonds is 4. The van der Waals surface area contributed by atoms with Gasteiger partial charge < -0.3 is 15.4 Å². The van der Waals surface area contributed by atoms with Crippen molar-refractivity contribution in [3.8, 4) is 0 Å². The summed E-state index contributed by atoms with van der Waals surface area (Å²) in [6.45, 7) is 0.239. The maximum Gasteiger partial charge on any atom is 0.492 e. The maximum absolute atomic E-state index is 12.2. The van der Waals surface area contributed by atoms with Crippen LogP contribution in [0.4, 0.5) is 5.69 Å². The number of hydrogen-bond acceptors (Lipinski definition) is 6. The molecule has 3 rings (SSSR count). The molecule has 0 radical (unpaired) electrons. The number of aromatic nitrogens is 1. The Kier molecular flexibility index (Phi) is 5.28. The van der Waals surface area contributed by atoms with E-state index in [0.717, 1.165) is 5.56 Å². The fraction of sp³-hybridized carbons (Fsp3) is 0.154. The number of nitrogens with zero attached hydrogens (tertiary/aromatic N) is 1. The van der Waals surface area contributed by atoms with Crippen molar-refractivity contribution in [2.24, 2.45) is 5.73 Å². The third kappa shape index (κ3) is 3.49. The molecular formula is C13H15BClN3O4S. The quantitative estimate of drug-likeness (QED) is 0.666. The van der Waals surface area contributed by atoms with E-state index in [1.165, 1.54) is 18.3 Å². The standard InChI is InChI=1S/C13H14BN3O4S.ClH/c15-8-12-10-5-4-9(7-11(10)14(18)21-12)17-22(19,20)13-3-1-2-6-16-13;/h1-7,12,17-18H,8,15H2;1H. The largest absolute Gasteiger partial charge is 0.492 e. The minimum absolute atomic E-state index is 0. The monoisotopic (exact) mass is 355 g/mol. The Labute approximate surface area is 140 Å². The molecule has 1 aromatic heterocycles. The van der Waals surface area contributed by atoms with Crippen molar-refractivity contribution in [3.63, 3.8) is 0 Å². The molecule has 0 saturated heterocycles. The molecule has 0 bridgehead atoms. The van der Waals surface area contributed by atoms with E-state index in [-0.39, 0.29) is 30.1 Å². The summed E-state index contributed by atoms with van der Waals surface area (Å²) in [7, 11) is -4.88. The molecule has 1 aliphatic rings. The topological polar surface area (TPSA) is 115 Å². The molecule has 0 aliphatic carbocycles. The summed E-state index contributed by atoms with van der Waals surface area (Å²) in [4.78, 5) is 3.82. The van der Waals surface area contributed by atoms with Gasteiger partial charge in [0, 0.05) is 18.4 Å². The number of nitrogens with two attached hydrogens (primary N) is 1. The number of hydrogen-bond donors (Lipinski definition) is 3. The molecule has 0 saturated carbocycles. The zero-order valence-corrected chi connectivity index (χ0v) is 13.5. The summed E-state index contributed by atoms with van der Waals surface area (Å²) in [5, 5.41) is 9.78. The molecule has 122 valence electrons. The predicted molar refractivity (Wildman–Crippen MR) is 89.2 cm³/mol. The molecule has 0 spiro atoms. The molecule has 0 fully saturated rings. The van der Waals surface area contributed by atoms with Crippen molar-refractivity contribution in [2.45, 2.75) is 11.1 Å². The normalized spacial score (nSPS) is 16.6. The highest BCUT2D eigenvalue weighted by Gasteiger charge is 2.34. The van der Waals surface area contributed by atoms with Crippen LogP contribution in [-0.2, 0) is 14.7 Å². The van der Waals surface area contributed by atoms with Gasteiger partial charge in [0.25, 0.3) is 10.0 Å². The average molecular weight is 356 g/mol. The van der Waals surface area contributed by atoms with E-state index < -0.39 is 17.1 Å². The SMILES string of the molecule is Cl.NCC1OB(O)c2cc(NS(=O)(=O)c3ccccn3)ccc21. The second kappa shape index (κ2) is 6.85. The van der Waals surface area contributed by atoms with Crippen LogP contribution in [0, 0.1) is 0 Å². The van der Waals surface area contributed by atoms with Gasteiger partial charge in [0.2, 0.25) is 0 Å². The lowest BCUT2D eigenvalue weighted by Crippen LogP contribution is -2.28. The summed E-state index contributed by atoms with van der Waals surface area (Å²) in [5.74, 6) is 0. The van der Waals surface area contributed by atoms with Crippen molar-refractivity contribution >= 4 is 40.7 Å². The first-order valence-electron chi connectivity index (χ1n) is 6.62. The molecule has 2 aromatic rings. The van der Waals surface area contributed by atoms with Crippen LogP contribution in [0.2, 0.25) is 0 Å². The summed E-state index contributed by atoms with van der Waals surface area (Å²) in [5.41, 5.74) is 7.17. The lowest BCUT2D eigenvalue weighted by molar-refractivity contribution is 0.198. The van der Waals surface area contributed by atoms with E-state index in [1.54, 1.807) is 24.3 Å². The van der Waals surface area contributed by atoms with Gasteiger partial charge in [0.15, 0.2) is 5.03 Å². The Bertz CT molecular complexity index is 791. The van der Waals surface area contributed by atoms with Crippen molar-refractivity contribution in [3.05, 3.63) is 48.2 Å². The van der Waals surface area contributed by atoms with Gasteiger partial charge in [-0.2, -0.15) is 8.42 Å². The Morgan fingerprint density at radius 3 is 2.78 bits per heavy atom. The molecule has 4 N–H and O–H groups in total. The number of sulfonamides is 1. The highest BCUT2D eigenvalue weighted by atomic mass is 35.5. The Morgan fingerprint density at radius 2 is 2.13 bits per heavy atom. The summed E-state index contributed by atoms with van der Waals surface area (Å²) in [6, 6.07) is 9.46. The first kappa shape index (κ1) is 17.7. The number of nitrogens with one attached hydrogen (secondary N) is 1. The Morgan fingerprint density at radius 1 is 1.35 bits per heavy atom. The van der Waals surface area contributed by atoms with Crippen molar-refractivity contribution in [1.82, 2.24) is 4.98 Å². The van der Waals surface area contributed by atoms with Crippen LogP contribution in [0.5, 0.6) is 0 Å². The molecule has 7 nitrogen and oxygen atoms in total. The Balaban J connectivity index is 0.00000192. The van der Waals surface area contributed by atoms with Crippen LogP contribution in [0.3, 0.4) is 0 Å². The second-order valence-electron chi connectivity index (χ2n) is 4.83. The molecule has 1 aromatic carbocycles. The number of benzene rings is 1. The number of pyridine rings is 1. The van der Waals surface area contributed by atoms with Gasteiger partial charge in [-0.15, -0.1) is 12.4 Å². The van der Waals surface area contributed by atoms with Gasteiger partial charge in [0.1, 0.15) is 0 Å². The van der Waals surface area contributed by atoms with Gasteiger partial charge in [-0.3, -0.25) is 4.72 Å². The molecule has 2 heterocycles. The third-order valence-electron chi connectivity index (χ3n) is 3.37. The van der Waals surface area contributed by atoms with E-state index in [4.69, 9.17) is 10.4 Å². The van der Waals surface area contributed by atoms with E-state index in [2.05, 4.69) is 9.71 Å². The molecule has 1 atom stereocenters. The van der Waals surface area contributed by atoms with Crippen LogP contribution in [0.15, 0.2) is 47.6 Å². The third-order valence-corrected chi connectivity index (χ3v) is 4.67. The minimum atomic E-state index is -3.78. The number of halogens is 1. The van der Waals surface area contributed by atoms with Crippen LogP contribution >= 0.6 is 12.4 Å². The smallest absolute Gasteiger partial charge is 0.423 e. The molecule has 10 heteroatoms. The van der Waals surface area contributed by atoms with Crippen molar-refractivity contribution in [2.75, 3.05) is 11.3 Å². The van der Waals surface area contributed by atoms with Crippen molar-refractivity contribution in [1.29, 1.82) is 0 Å². The Hall–Kier alpha value is -1.65. The van der Waals surface area contributed by atoms with Gasteiger partial charge in [-0.1, -0.05) is 12.1 Å². The van der Waals surface area contributed by atoms with E-state index in [1.807, 2.05) is 0 Å². The lowest BCUT2D eigenvalue weighted by atomic mass is 9.79. The molecule has 1 unspecified atom stereocenters. The highest BCUT2D eigenvalue weighted by Crippen LogP contribution is 2.25. The van der Waals surface area contributed by atoms with Crippen LogP contribution in [0.1, 0.15) is 11.7 Å². The fourth-order valence-corrected chi connectivity index (χ4v) is 3.34. The van der Waals surface area contributed by atoms with E-state index in [0.29, 0.717) is 11.2 Å². The summed E-state index contributed by atoms with van der Waals surface area (Å²) < 4.78 is 32.2. The molecule has 0 amide bonds. The zero-order valence-electron chi connectivity index (χ0n) is 11.9. The number of anilines is 1. The van der Waals surface area contributed by atoms with E-state index in [9.17, 15) is 13.4 Å². The van der Waals surface area contributed by atoms with Gasteiger partial charge in [0.05, 0.1) is 6.10 Å². The fourth-order valence-electron chi connectivity index (χ4n) is 2.34. The van der Waals surface area contributed by atoms with Crippen LogP contribution < -0.4 is 15.9 Å². The predicted octanol–water partition coefficient (Wildman–Crippen LogP) is 0.0217. The first-order valence-corrected chi connectivity index (χ1v) is 8.11. The average Bonchev–Trinajstić information content (AvgIpc) is 2.84. The van der Waals surface area contributed by atoms with Crippen molar-refractivity contribution < 1.29 is 18.1 Å². The minimum Gasteiger partial charge on any atom is -0.423 e. The molecular weight excluding hydrogens is 340 g/mol. The lowest BCUT2D eigenvalue weighted by Gasteiger charge is -2.10. The zero-order chi connectivity index (χ0) is 15.7. The van der Waals surface area contributed by atoms with Gasteiger partial charge in [-0.25, -0.2) is 4.98 Å². The summed E-state index contributed by atoms with van der Waals surface area (Å²) >= 11 is 0. The van der Waals surface area contributed by atoms with E-state index >= 15 is 0 Å². The molecule has 23 heavy (non-hydrogen) atoms. The molecule has 1 aliphatic heterocycles. The second-order valence-corrected chi connectivity index (χ2v) is 6.46. The van der Waals surface area contributed by atoms with Gasteiger partial charge in [-0.05, 0) is 35.3 Å². The number of fused-ring (bicyclic) bond motifs is 1.